The van der Waals surface area contributed by atoms with Crippen LogP contribution in [-0.2, 0) is 14.8 Å². The van der Waals surface area contributed by atoms with Crippen LogP contribution in [-0.4, -0.2) is 55.5 Å². The third kappa shape index (κ3) is 4.66. The van der Waals surface area contributed by atoms with Gasteiger partial charge < -0.3 is 4.90 Å². The highest BCUT2D eigenvalue weighted by Gasteiger charge is 2.32. The standard InChI is InChI=1S/C18H18F2N2O3S2/c19-14-6-7-17(16(20)12-14)27(24,25)22-10-8-21(9-11-22)18(23)13-26-15-4-2-1-3-5-15/h1-7,12H,8-11,13H2. The largest absolute Gasteiger partial charge is 0.339 e. The van der Waals surface area contributed by atoms with E-state index in [1.807, 2.05) is 30.3 Å². The average molecular weight is 412 g/mol. The average Bonchev–Trinajstić information content (AvgIpc) is 2.66. The molecule has 144 valence electrons. The van der Waals surface area contributed by atoms with Crippen LogP contribution in [0, 0.1) is 11.6 Å². The van der Waals surface area contributed by atoms with E-state index in [1.54, 1.807) is 4.90 Å². The molecule has 9 heteroatoms. The summed E-state index contributed by atoms with van der Waals surface area (Å²) in [7, 11) is -4.07. The molecule has 2 aromatic rings. The second kappa shape index (κ2) is 8.37. The summed E-state index contributed by atoms with van der Waals surface area (Å²) in [6, 6.07) is 11.9. The maximum Gasteiger partial charge on any atom is 0.246 e. The molecule has 0 spiro atoms. The Morgan fingerprint density at radius 1 is 1.00 bits per heavy atom. The molecular formula is C18H18F2N2O3S2. The first-order valence-electron chi connectivity index (χ1n) is 8.29. The van der Waals surface area contributed by atoms with E-state index < -0.39 is 26.6 Å². The van der Waals surface area contributed by atoms with Crippen LogP contribution in [0.3, 0.4) is 0 Å². The molecule has 0 aromatic heterocycles. The zero-order chi connectivity index (χ0) is 19.4. The normalized spacial score (nSPS) is 15.7. The quantitative estimate of drug-likeness (QED) is 0.709. The van der Waals surface area contributed by atoms with Crippen molar-refractivity contribution < 1.29 is 22.0 Å². The van der Waals surface area contributed by atoms with E-state index in [1.165, 1.54) is 11.8 Å². The van der Waals surface area contributed by atoms with E-state index in [4.69, 9.17) is 0 Å². The first-order valence-corrected chi connectivity index (χ1v) is 10.7. The van der Waals surface area contributed by atoms with Gasteiger partial charge in [0.2, 0.25) is 15.9 Å². The summed E-state index contributed by atoms with van der Waals surface area (Å²) in [4.78, 5) is 14.4. The lowest BCUT2D eigenvalue weighted by atomic mass is 10.3. The lowest BCUT2D eigenvalue weighted by molar-refractivity contribution is -0.129. The second-order valence-electron chi connectivity index (χ2n) is 5.96. The van der Waals surface area contributed by atoms with Crippen molar-refractivity contribution in [2.24, 2.45) is 0 Å². The van der Waals surface area contributed by atoms with Crippen molar-refractivity contribution in [2.75, 3.05) is 31.9 Å². The van der Waals surface area contributed by atoms with Crippen LogP contribution in [0.15, 0.2) is 58.3 Å². The molecule has 5 nitrogen and oxygen atoms in total. The van der Waals surface area contributed by atoms with Crippen molar-refractivity contribution in [2.45, 2.75) is 9.79 Å². The van der Waals surface area contributed by atoms with Gasteiger partial charge >= 0.3 is 0 Å². The highest BCUT2D eigenvalue weighted by Crippen LogP contribution is 2.22. The Hall–Kier alpha value is -1.97. The molecule has 1 aliphatic rings. The lowest BCUT2D eigenvalue weighted by Gasteiger charge is -2.34. The molecule has 0 N–H and O–H groups in total. The molecule has 3 rings (SSSR count). The third-order valence-corrected chi connectivity index (χ3v) is 7.14. The van der Waals surface area contributed by atoms with Gasteiger partial charge in [-0.15, -0.1) is 11.8 Å². The van der Waals surface area contributed by atoms with E-state index >= 15 is 0 Å². The van der Waals surface area contributed by atoms with Crippen LogP contribution in [0.5, 0.6) is 0 Å². The summed E-state index contributed by atoms with van der Waals surface area (Å²) in [6.45, 7) is 0.605. The van der Waals surface area contributed by atoms with Crippen LogP contribution >= 0.6 is 11.8 Å². The third-order valence-electron chi connectivity index (χ3n) is 4.21. The zero-order valence-corrected chi connectivity index (χ0v) is 16.0. The summed E-state index contributed by atoms with van der Waals surface area (Å²) in [5.41, 5.74) is 0. The van der Waals surface area contributed by atoms with Crippen LogP contribution in [0.4, 0.5) is 8.78 Å². The van der Waals surface area contributed by atoms with Gasteiger partial charge in [-0.25, -0.2) is 17.2 Å². The number of carbonyl (C=O) groups excluding carboxylic acids is 1. The predicted octanol–water partition coefficient (Wildman–Crippen LogP) is 2.59. The molecule has 1 fully saturated rings. The number of amides is 1. The molecule has 0 radical (unpaired) electrons. The molecule has 1 amide bonds. The van der Waals surface area contributed by atoms with E-state index in [-0.39, 0.29) is 37.8 Å². The number of carbonyl (C=O) groups is 1. The molecule has 1 heterocycles. The van der Waals surface area contributed by atoms with Gasteiger partial charge in [0.25, 0.3) is 0 Å². The molecular weight excluding hydrogens is 394 g/mol. The maximum absolute atomic E-state index is 13.9. The Morgan fingerprint density at radius 2 is 1.67 bits per heavy atom. The Bertz CT molecular complexity index is 915. The molecule has 0 bridgehead atoms. The first-order chi connectivity index (χ1) is 12.9. The van der Waals surface area contributed by atoms with Gasteiger partial charge in [-0.1, -0.05) is 18.2 Å². The van der Waals surface area contributed by atoms with E-state index in [9.17, 15) is 22.0 Å². The van der Waals surface area contributed by atoms with Crippen molar-refractivity contribution in [1.29, 1.82) is 0 Å². The fourth-order valence-electron chi connectivity index (χ4n) is 2.75. The molecule has 2 aromatic carbocycles. The lowest BCUT2D eigenvalue weighted by Crippen LogP contribution is -2.51. The second-order valence-corrected chi connectivity index (χ2v) is 8.92. The first kappa shape index (κ1) is 19.8. The summed E-state index contributed by atoms with van der Waals surface area (Å²) in [6.07, 6.45) is 0. The topological polar surface area (TPSA) is 57.7 Å². The van der Waals surface area contributed by atoms with Crippen LogP contribution in [0.2, 0.25) is 0 Å². The molecule has 0 atom stereocenters. The molecule has 27 heavy (non-hydrogen) atoms. The summed E-state index contributed by atoms with van der Waals surface area (Å²) in [5.74, 6) is -1.76. The van der Waals surface area contributed by atoms with E-state index in [0.29, 0.717) is 6.07 Å². The summed E-state index contributed by atoms with van der Waals surface area (Å²) in [5, 5.41) is 0. The number of rotatable bonds is 5. The van der Waals surface area contributed by atoms with Gasteiger partial charge in [0.05, 0.1) is 5.75 Å². The minimum absolute atomic E-state index is 0.0703. The SMILES string of the molecule is O=C(CSc1ccccc1)N1CCN(S(=O)(=O)c2ccc(F)cc2F)CC1. The van der Waals surface area contributed by atoms with Crippen LogP contribution in [0.25, 0.3) is 0 Å². The van der Waals surface area contributed by atoms with Crippen LogP contribution in [0.1, 0.15) is 0 Å². The molecule has 0 aliphatic carbocycles. The maximum atomic E-state index is 13.9. The van der Waals surface area contributed by atoms with Crippen molar-refractivity contribution in [3.8, 4) is 0 Å². The molecule has 1 saturated heterocycles. The summed E-state index contributed by atoms with van der Waals surface area (Å²) < 4.78 is 53.1. The number of benzene rings is 2. The number of halogens is 2. The van der Waals surface area contributed by atoms with Crippen LogP contribution < -0.4 is 0 Å². The van der Waals surface area contributed by atoms with Crippen molar-refractivity contribution >= 4 is 27.7 Å². The number of sulfonamides is 1. The fourth-order valence-corrected chi connectivity index (χ4v) is 5.04. The van der Waals surface area contributed by atoms with Crippen molar-refractivity contribution in [3.63, 3.8) is 0 Å². The molecule has 0 unspecified atom stereocenters. The van der Waals surface area contributed by atoms with Gasteiger partial charge in [0.1, 0.15) is 16.5 Å². The van der Waals surface area contributed by atoms with Gasteiger partial charge in [0.15, 0.2) is 0 Å². The Balaban J connectivity index is 1.58. The Kier molecular flexibility index (Phi) is 6.13. The predicted molar refractivity (Wildman–Crippen MR) is 98.9 cm³/mol. The molecule has 1 aliphatic heterocycles. The number of thioether (sulfide) groups is 1. The fraction of sp³-hybridized carbons (Fsp3) is 0.278. The van der Waals surface area contributed by atoms with Gasteiger partial charge in [-0.2, -0.15) is 4.31 Å². The van der Waals surface area contributed by atoms with Crippen molar-refractivity contribution in [3.05, 3.63) is 60.2 Å². The molecule has 0 saturated carbocycles. The minimum Gasteiger partial charge on any atom is -0.339 e. The minimum atomic E-state index is -4.07. The highest BCUT2D eigenvalue weighted by molar-refractivity contribution is 8.00. The number of hydrogen-bond donors (Lipinski definition) is 0. The van der Waals surface area contributed by atoms with Crippen molar-refractivity contribution in [1.82, 2.24) is 9.21 Å². The number of hydrogen-bond acceptors (Lipinski definition) is 4. The smallest absolute Gasteiger partial charge is 0.246 e. The summed E-state index contributed by atoms with van der Waals surface area (Å²) >= 11 is 1.42. The van der Waals surface area contributed by atoms with Gasteiger partial charge in [-0.05, 0) is 24.3 Å². The highest BCUT2D eigenvalue weighted by atomic mass is 32.2. The monoisotopic (exact) mass is 412 g/mol. The zero-order valence-electron chi connectivity index (χ0n) is 14.3. The van der Waals surface area contributed by atoms with Gasteiger partial charge in [0, 0.05) is 37.1 Å². The number of nitrogens with zero attached hydrogens (tertiary/aromatic N) is 2. The van der Waals surface area contributed by atoms with E-state index in [0.717, 1.165) is 21.3 Å². The van der Waals surface area contributed by atoms with E-state index in [2.05, 4.69) is 0 Å². The van der Waals surface area contributed by atoms with Gasteiger partial charge in [-0.3, -0.25) is 4.79 Å². The Labute approximate surface area is 161 Å². The number of piperazine rings is 1. The Morgan fingerprint density at radius 3 is 2.30 bits per heavy atom.